The van der Waals surface area contributed by atoms with Crippen LogP contribution in [0.1, 0.15) is 23.7 Å². The molecule has 10 heteroatoms. The van der Waals surface area contributed by atoms with Gasteiger partial charge in [-0.1, -0.05) is 6.92 Å². The lowest BCUT2D eigenvalue weighted by molar-refractivity contribution is 0.0964. The summed E-state index contributed by atoms with van der Waals surface area (Å²) in [6.07, 6.45) is 1.76. The van der Waals surface area contributed by atoms with E-state index in [1.807, 2.05) is 6.92 Å². The van der Waals surface area contributed by atoms with E-state index in [-0.39, 0.29) is 11.3 Å². The number of fused-ring (bicyclic) bond motifs is 1. The van der Waals surface area contributed by atoms with E-state index in [0.717, 1.165) is 6.26 Å². The minimum atomic E-state index is -3.59. The SMILES string of the molecule is CCCOc1cc2c(C(=O)NC)c(-c3ccc(F)cc3)oc2cc1NC(OC)S(C)(=O)=O. The van der Waals surface area contributed by atoms with Gasteiger partial charge in [-0.15, -0.1) is 0 Å². The first kappa shape index (κ1) is 23.6. The first-order valence-electron chi connectivity index (χ1n) is 9.89. The Bertz CT molecular complexity index is 1220. The van der Waals surface area contributed by atoms with E-state index in [4.69, 9.17) is 13.9 Å². The van der Waals surface area contributed by atoms with Crippen LogP contribution in [0.5, 0.6) is 5.75 Å². The van der Waals surface area contributed by atoms with Crippen molar-refractivity contribution in [2.24, 2.45) is 0 Å². The van der Waals surface area contributed by atoms with Crippen LogP contribution in [-0.4, -0.2) is 46.9 Å². The zero-order valence-electron chi connectivity index (χ0n) is 18.2. The van der Waals surface area contributed by atoms with Crippen molar-refractivity contribution in [2.45, 2.75) is 18.9 Å². The quantitative estimate of drug-likeness (QED) is 0.464. The van der Waals surface area contributed by atoms with Gasteiger partial charge in [0.05, 0.1) is 17.9 Å². The van der Waals surface area contributed by atoms with Crippen molar-refractivity contribution < 1.29 is 31.5 Å². The second-order valence-corrected chi connectivity index (χ2v) is 9.21. The van der Waals surface area contributed by atoms with E-state index in [2.05, 4.69) is 10.6 Å². The fourth-order valence-electron chi connectivity index (χ4n) is 3.19. The van der Waals surface area contributed by atoms with Crippen LogP contribution in [0, 0.1) is 5.82 Å². The van der Waals surface area contributed by atoms with Gasteiger partial charge in [-0.05, 0) is 36.8 Å². The predicted molar refractivity (Wildman–Crippen MR) is 120 cm³/mol. The number of ether oxygens (including phenoxy) is 2. The number of sulfone groups is 1. The Morgan fingerprint density at radius 2 is 1.91 bits per heavy atom. The molecule has 0 radical (unpaired) electrons. The van der Waals surface area contributed by atoms with Crippen molar-refractivity contribution in [1.82, 2.24) is 5.32 Å². The topological polar surface area (TPSA) is 107 Å². The Hall–Kier alpha value is -3.11. The largest absolute Gasteiger partial charge is 0.491 e. The summed E-state index contributed by atoms with van der Waals surface area (Å²) in [7, 11) is -0.824. The standard InChI is InChI=1S/C22H25FN2O6S/c1-5-10-30-18-11-15-17(12-16(18)25-22(29-3)32(4,27)28)31-20(19(15)21(26)24-2)13-6-8-14(23)9-7-13/h6-9,11-12,22,25H,5,10H2,1-4H3,(H,24,26). The molecule has 0 aliphatic rings. The van der Waals surface area contributed by atoms with E-state index < -0.39 is 27.1 Å². The highest BCUT2D eigenvalue weighted by Crippen LogP contribution is 2.39. The van der Waals surface area contributed by atoms with E-state index >= 15 is 0 Å². The summed E-state index contributed by atoms with van der Waals surface area (Å²) in [5.41, 5.74) is 0.101. The van der Waals surface area contributed by atoms with Gasteiger partial charge in [-0.2, -0.15) is 0 Å². The van der Waals surface area contributed by atoms with Crippen LogP contribution in [0.3, 0.4) is 0 Å². The van der Waals surface area contributed by atoms with Crippen LogP contribution in [0.2, 0.25) is 0 Å². The van der Waals surface area contributed by atoms with Gasteiger partial charge in [0.25, 0.3) is 5.91 Å². The molecule has 0 bridgehead atoms. The van der Waals surface area contributed by atoms with Gasteiger partial charge in [0.1, 0.15) is 22.9 Å². The van der Waals surface area contributed by atoms with E-state index in [9.17, 15) is 17.6 Å². The lowest BCUT2D eigenvalue weighted by Gasteiger charge is -2.19. The summed E-state index contributed by atoms with van der Waals surface area (Å²) in [6, 6.07) is 8.73. The van der Waals surface area contributed by atoms with Crippen molar-refractivity contribution in [1.29, 1.82) is 0 Å². The average Bonchev–Trinajstić information content (AvgIpc) is 3.12. The maximum absolute atomic E-state index is 13.4. The van der Waals surface area contributed by atoms with Gasteiger partial charge < -0.3 is 24.5 Å². The normalized spacial score (nSPS) is 12.5. The predicted octanol–water partition coefficient (Wildman–Crippen LogP) is 3.77. The molecule has 0 aliphatic carbocycles. The van der Waals surface area contributed by atoms with Crippen LogP contribution in [0.25, 0.3) is 22.3 Å². The molecule has 0 spiro atoms. The molecular weight excluding hydrogens is 439 g/mol. The molecule has 0 fully saturated rings. The maximum Gasteiger partial charge on any atom is 0.255 e. The van der Waals surface area contributed by atoms with Crippen molar-refractivity contribution >= 4 is 32.4 Å². The third kappa shape index (κ3) is 4.86. The van der Waals surface area contributed by atoms with Gasteiger partial charge >= 0.3 is 0 Å². The highest BCUT2D eigenvalue weighted by molar-refractivity contribution is 7.91. The fraction of sp³-hybridized carbons (Fsp3) is 0.318. The number of carbonyl (C=O) groups excluding carboxylic acids is 1. The molecule has 1 heterocycles. The lowest BCUT2D eigenvalue weighted by atomic mass is 10.0. The molecule has 0 aliphatic heterocycles. The molecule has 2 aromatic carbocycles. The minimum absolute atomic E-state index is 0.254. The Balaban J connectivity index is 2.23. The molecule has 1 aromatic heterocycles. The number of amides is 1. The molecule has 1 amide bonds. The molecule has 0 saturated heterocycles. The van der Waals surface area contributed by atoms with Crippen molar-refractivity contribution in [3.8, 4) is 17.1 Å². The number of anilines is 1. The Kier molecular flexibility index (Phi) is 7.05. The molecule has 0 saturated carbocycles. The Labute approximate surface area is 185 Å². The van der Waals surface area contributed by atoms with Crippen LogP contribution in [-0.2, 0) is 14.6 Å². The molecule has 3 rings (SSSR count). The minimum Gasteiger partial charge on any atom is -0.491 e. The van der Waals surface area contributed by atoms with Crippen LogP contribution < -0.4 is 15.4 Å². The Morgan fingerprint density at radius 3 is 2.47 bits per heavy atom. The third-order valence-electron chi connectivity index (χ3n) is 4.69. The summed E-state index contributed by atoms with van der Waals surface area (Å²) in [6.45, 7) is 2.30. The zero-order chi connectivity index (χ0) is 23.5. The summed E-state index contributed by atoms with van der Waals surface area (Å²) < 4.78 is 54.3. The summed E-state index contributed by atoms with van der Waals surface area (Å²) in [5, 5.41) is 5.87. The third-order valence-corrected chi connectivity index (χ3v) is 5.78. The molecule has 1 atom stereocenters. The number of methoxy groups -OCH3 is 1. The average molecular weight is 465 g/mol. The fourth-order valence-corrected chi connectivity index (χ4v) is 3.88. The van der Waals surface area contributed by atoms with E-state index in [0.29, 0.717) is 41.0 Å². The number of hydrogen-bond donors (Lipinski definition) is 2. The van der Waals surface area contributed by atoms with Gasteiger partial charge in [0.2, 0.25) is 5.56 Å². The highest BCUT2D eigenvalue weighted by Gasteiger charge is 2.26. The number of benzene rings is 2. The van der Waals surface area contributed by atoms with Gasteiger partial charge in [-0.3, -0.25) is 4.79 Å². The molecule has 172 valence electrons. The number of furan rings is 1. The maximum atomic E-state index is 13.4. The molecule has 32 heavy (non-hydrogen) atoms. The van der Waals surface area contributed by atoms with Gasteiger partial charge in [0.15, 0.2) is 9.84 Å². The number of hydrogen-bond acceptors (Lipinski definition) is 7. The first-order chi connectivity index (χ1) is 15.2. The van der Waals surface area contributed by atoms with Crippen LogP contribution in [0.15, 0.2) is 40.8 Å². The number of nitrogens with one attached hydrogen (secondary N) is 2. The summed E-state index contributed by atoms with van der Waals surface area (Å²) >= 11 is 0. The van der Waals surface area contributed by atoms with Gasteiger partial charge in [0, 0.05) is 37.4 Å². The number of halogens is 1. The molecular formula is C22H25FN2O6S. The van der Waals surface area contributed by atoms with E-state index in [1.165, 1.54) is 38.4 Å². The lowest BCUT2D eigenvalue weighted by Crippen LogP contribution is -2.30. The smallest absolute Gasteiger partial charge is 0.255 e. The van der Waals surface area contributed by atoms with Crippen LogP contribution >= 0.6 is 0 Å². The van der Waals surface area contributed by atoms with Gasteiger partial charge in [-0.25, -0.2) is 12.8 Å². The zero-order valence-corrected chi connectivity index (χ0v) is 19.0. The van der Waals surface area contributed by atoms with Crippen molar-refractivity contribution in [3.05, 3.63) is 47.8 Å². The monoisotopic (exact) mass is 464 g/mol. The molecule has 3 aromatic rings. The molecule has 2 N–H and O–H groups in total. The highest BCUT2D eigenvalue weighted by atomic mass is 32.2. The van der Waals surface area contributed by atoms with E-state index in [1.54, 1.807) is 12.1 Å². The first-order valence-corrected chi connectivity index (χ1v) is 11.8. The van der Waals surface area contributed by atoms with Crippen molar-refractivity contribution in [3.63, 3.8) is 0 Å². The van der Waals surface area contributed by atoms with Crippen molar-refractivity contribution in [2.75, 3.05) is 32.3 Å². The molecule has 1 unspecified atom stereocenters. The second-order valence-electron chi connectivity index (χ2n) is 7.13. The summed E-state index contributed by atoms with van der Waals surface area (Å²) in [5.74, 6) is -0.221. The second kappa shape index (κ2) is 9.58. The van der Waals surface area contributed by atoms with Crippen LogP contribution in [0.4, 0.5) is 10.1 Å². The Morgan fingerprint density at radius 1 is 1.22 bits per heavy atom. The number of carbonyl (C=O) groups is 1. The summed E-state index contributed by atoms with van der Waals surface area (Å²) in [4.78, 5) is 12.7. The number of rotatable bonds is 9. The molecule has 8 nitrogen and oxygen atoms in total.